The second kappa shape index (κ2) is 10.7. The van der Waals surface area contributed by atoms with Gasteiger partial charge in [0, 0.05) is 30.6 Å². The number of rotatable bonds is 7. The minimum absolute atomic E-state index is 0.271. The molecule has 3 N–H and O–H groups in total. The van der Waals surface area contributed by atoms with Crippen molar-refractivity contribution in [1.82, 2.24) is 4.90 Å². The van der Waals surface area contributed by atoms with Gasteiger partial charge in [-0.3, -0.25) is 15.0 Å². The minimum Gasteiger partial charge on any atom is -0.465 e. The molecule has 0 saturated carbocycles. The summed E-state index contributed by atoms with van der Waals surface area (Å²) in [7, 11) is 0. The number of ether oxygens (including phenoxy) is 2. The summed E-state index contributed by atoms with van der Waals surface area (Å²) in [6.07, 6.45) is 4.91. The van der Waals surface area contributed by atoms with E-state index >= 15 is 0 Å². The Morgan fingerprint density at radius 1 is 1.06 bits per heavy atom. The van der Waals surface area contributed by atoms with Gasteiger partial charge in [0.25, 0.3) is 0 Å². The minimum atomic E-state index is -1.19. The van der Waals surface area contributed by atoms with Crippen molar-refractivity contribution in [1.29, 1.82) is 0 Å². The number of carboxylic acid groups (broad SMARTS) is 1. The highest BCUT2D eigenvalue weighted by atomic mass is 32.1. The van der Waals surface area contributed by atoms with Gasteiger partial charge in [0.15, 0.2) is 11.5 Å². The lowest BCUT2D eigenvalue weighted by Gasteiger charge is -2.14. The lowest BCUT2D eigenvalue weighted by molar-refractivity contribution is -0.111. The van der Waals surface area contributed by atoms with Gasteiger partial charge < -0.3 is 19.9 Å². The Hall–Kier alpha value is -4.08. The first kappa shape index (κ1) is 23.7. The number of carbonyl (C=O) groups excluding carboxylic acids is 1. The van der Waals surface area contributed by atoms with Crippen molar-refractivity contribution < 1.29 is 24.2 Å². The smallest absolute Gasteiger partial charge is 0.409 e. The monoisotopic (exact) mass is 503 g/mol. The Morgan fingerprint density at radius 3 is 2.78 bits per heavy atom. The molecule has 2 aliphatic rings. The fourth-order valence-corrected chi connectivity index (χ4v) is 4.95. The van der Waals surface area contributed by atoms with E-state index in [-0.39, 0.29) is 12.7 Å². The van der Waals surface area contributed by atoms with E-state index in [0.29, 0.717) is 11.4 Å². The fourth-order valence-electron chi connectivity index (χ4n) is 4.23. The largest absolute Gasteiger partial charge is 0.465 e. The first-order chi connectivity index (χ1) is 17.5. The third-order valence-corrected chi connectivity index (χ3v) is 6.84. The number of thiophene rings is 1. The van der Waals surface area contributed by atoms with Crippen molar-refractivity contribution in [3.63, 3.8) is 0 Å². The summed E-state index contributed by atoms with van der Waals surface area (Å²) in [5, 5.41) is 16.2. The fraction of sp³-hybridized carbons (Fsp3) is 0.185. The summed E-state index contributed by atoms with van der Waals surface area (Å²) in [6, 6.07) is 15.2. The molecule has 3 aromatic rings. The van der Waals surface area contributed by atoms with Gasteiger partial charge in [-0.05, 0) is 53.3 Å². The van der Waals surface area contributed by atoms with Crippen LogP contribution in [0.1, 0.15) is 12.0 Å². The van der Waals surface area contributed by atoms with Crippen molar-refractivity contribution >= 4 is 34.7 Å². The van der Waals surface area contributed by atoms with E-state index in [9.17, 15) is 9.59 Å². The zero-order chi connectivity index (χ0) is 24.9. The number of allylic oxidation sites excluding steroid dienone is 2. The molecule has 5 rings (SSSR count). The molecule has 0 atom stereocenters. The van der Waals surface area contributed by atoms with Crippen molar-refractivity contribution in [3.05, 3.63) is 83.3 Å². The number of anilines is 2. The normalized spacial score (nSPS) is 16.1. The number of amides is 2. The van der Waals surface area contributed by atoms with Gasteiger partial charge >= 0.3 is 6.09 Å². The molecule has 9 heteroatoms. The average Bonchev–Trinajstić information content (AvgIpc) is 3.62. The van der Waals surface area contributed by atoms with Crippen LogP contribution >= 0.6 is 11.3 Å². The highest BCUT2D eigenvalue weighted by Crippen LogP contribution is 2.34. The van der Waals surface area contributed by atoms with Crippen LogP contribution in [-0.2, 0) is 11.3 Å². The molecule has 0 spiro atoms. The summed E-state index contributed by atoms with van der Waals surface area (Å²) in [4.78, 5) is 27.1. The van der Waals surface area contributed by atoms with E-state index in [1.807, 2.05) is 41.8 Å². The topological polar surface area (TPSA) is 100 Å². The summed E-state index contributed by atoms with van der Waals surface area (Å²) in [5.74, 6) is 1.24. The Bertz CT molecular complexity index is 1330. The predicted octanol–water partition coefficient (Wildman–Crippen LogP) is 5.56. The highest BCUT2D eigenvalue weighted by Gasteiger charge is 2.18. The maximum absolute atomic E-state index is 12.6. The van der Waals surface area contributed by atoms with E-state index in [0.717, 1.165) is 48.0 Å². The zero-order valence-electron chi connectivity index (χ0n) is 19.4. The van der Waals surface area contributed by atoms with Crippen LogP contribution in [0, 0.1) is 0 Å². The second-order valence-corrected chi connectivity index (χ2v) is 9.44. The quantitative estimate of drug-likeness (QED) is 0.365. The van der Waals surface area contributed by atoms with Crippen LogP contribution in [0.5, 0.6) is 11.5 Å². The molecule has 184 valence electrons. The third kappa shape index (κ3) is 5.76. The molecule has 2 amide bonds. The molecule has 0 bridgehead atoms. The number of nitrogens with one attached hydrogen (secondary N) is 2. The number of fused-ring (bicyclic) bond motifs is 1. The molecule has 1 aromatic heterocycles. The second-order valence-electron chi connectivity index (χ2n) is 8.49. The number of hydrogen-bond donors (Lipinski definition) is 3. The SMILES string of the molecule is O=C(O)Nc1ccc(-c2cccs2)cc1NC(=O)C=CC=C1CCN(Cc2ccc3c(c2)OCO3)C1. The Balaban J connectivity index is 1.19. The lowest BCUT2D eigenvalue weighted by Crippen LogP contribution is -2.18. The molecule has 1 saturated heterocycles. The summed E-state index contributed by atoms with van der Waals surface area (Å²) in [6.45, 7) is 2.86. The van der Waals surface area contributed by atoms with Gasteiger partial charge in [-0.1, -0.05) is 35.9 Å². The predicted molar refractivity (Wildman–Crippen MR) is 140 cm³/mol. The molecule has 1 fully saturated rings. The maximum atomic E-state index is 12.6. The van der Waals surface area contributed by atoms with Crippen molar-refractivity contribution in [3.8, 4) is 21.9 Å². The average molecular weight is 504 g/mol. The van der Waals surface area contributed by atoms with Crippen LogP contribution in [0.2, 0.25) is 0 Å². The molecule has 3 heterocycles. The van der Waals surface area contributed by atoms with Crippen LogP contribution in [-0.4, -0.2) is 41.9 Å². The zero-order valence-corrected chi connectivity index (χ0v) is 20.2. The highest BCUT2D eigenvalue weighted by molar-refractivity contribution is 7.13. The number of carbonyl (C=O) groups is 2. The van der Waals surface area contributed by atoms with Gasteiger partial charge in [-0.2, -0.15) is 0 Å². The lowest BCUT2D eigenvalue weighted by atomic mass is 10.1. The van der Waals surface area contributed by atoms with E-state index in [2.05, 4.69) is 21.6 Å². The van der Waals surface area contributed by atoms with Crippen LogP contribution in [0.3, 0.4) is 0 Å². The van der Waals surface area contributed by atoms with E-state index in [4.69, 9.17) is 14.6 Å². The molecular weight excluding hydrogens is 478 g/mol. The molecular formula is C27H25N3O5S. The molecule has 36 heavy (non-hydrogen) atoms. The van der Waals surface area contributed by atoms with Crippen molar-refractivity contribution in [2.45, 2.75) is 13.0 Å². The Labute approximate surface area is 212 Å². The summed E-state index contributed by atoms with van der Waals surface area (Å²) < 4.78 is 10.8. The number of nitrogens with zero attached hydrogens (tertiary/aromatic N) is 1. The third-order valence-electron chi connectivity index (χ3n) is 5.92. The molecule has 2 aliphatic heterocycles. The molecule has 0 unspecified atom stereocenters. The van der Waals surface area contributed by atoms with Gasteiger partial charge in [0.05, 0.1) is 11.4 Å². The standard InChI is InChI=1S/C27H25N3O5S/c31-26(28-22-14-20(25-4-2-12-36-25)7-8-21(22)29-27(32)33)5-1-3-18-10-11-30(15-18)16-19-6-9-23-24(13-19)35-17-34-23/h1-9,12-14,29H,10-11,15-17H2,(H,28,31)(H,32,33). The van der Waals surface area contributed by atoms with Crippen LogP contribution in [0.15, 0.2) is 77.7 Å². The Morgan fingerprint density at radius 2 is 1.94 bits per heavy atom. The van der Waals surface area contributed by atoms with Gasteiger partial charge in [-0.15, -0.1) is 11.3 Å². The van der Waals surface area contributed by atoms with Crippen LogP contribution < -0.4 is 20.1 Å². The van der Waals surface area contributed by atoms with Crippen LogP contribution in [0.25, 0.3) is 10.4 Å². The van der Waals surface area contributed by atoms with Crippen molar-refractivity contribution in [2.75, 3.05) is 30.5 Å². The number of likely N-dealkylation sites (tertiary alicyclic amines) is 1. The summed E-state index contributed by atoms with van der Waals surface area (Å²) >= 11 is 1.57. The maximum Gasteiger partial charge on any atom is 0.409 e. The number of hydrogen-bond acceptors (Lipinski definition) is 6. The summed E-state index contributed by atoms with van der Waals surface area (Å²) in [5.41, 5.74) is 4.04. The molecule has 0 aliphatic carbocycles. The molecule has 2 aromatic carbocycles. The number of benzene rings is 2. The van der Waals surface area contributed by atoms with Crippen molar-refractivity contribution in [2.24, 2.45) is 0 Å². The molecule has 0 radical (unpaired) electrons. The first-order valence-corrected chi connectivity index (χ1v) is 12.4. The van der Waals surface area contributed by atoms with E-state index in [1.54, 1.807) is 29.5 Å². The van der Waals surface area contributed by atoms with Gasteiger partial charge in [-0.25, -0.2) is 4.79 Å². The Kier molecular flexibility index (Phi) is 7.01. The molecule has 8 nitrogen and oxygen atoms in total. The first-order valence-electron chi connectivity index (χ1n) is 11.5. The van der Waals surface area contributed by atoms with Gasteiger partial charge in [0.1, 0.15) is 0 Å². The van der Waals surface area contributed by atoms with Gasteiger partial charge in [0.2, 0.25) is 12.7 Å². The van der Waals surface area contributed by atoms with Crippen LogP contribution in [0.4, 0.5) is 16.2 Å². The van der Waals surface area contributed by atoms with E-state index < -0.39 is 6.09 Å². The van der Waals surface area contributed by atoms with E-state index in [1.165, 1.54) is 17.2 Å².